The predicted molar refractivity (Wildman–Crippen MR) is 120 cm³/mol. The summed E-state index contributed by atoms with van der Waals surface area (Å²) >= 11 is 0. The van der Waals surface area contributed by atoms with Gasteiger partial charge in [0.15, 0.2) is 0 Å². The van der Waals surface area contributed by atoms with E-state index in [0.29, 0.717) is 5.82 Å². The van der Waals surface area contributed by atoms with E-state index < -0.39 is 12.0 Å². The zero-order valence-electron chi connectivity index (χ0n) is 17.7. The number of benzene rings is 2. The number of nitrogens with one attached hydrogen (secondary N) is 1. The van der Waals surface area contributed by atoms with Crippen molar-refractivity contribution in [2.75, 3.05) is 7.11 Å². The molecule has 0 unspecified atom stereocenters. The average molecular weight is 431 g/mol. The van der Waals surface area contributed by atoms with Crippen LogP contribution in [0.1, 0.15) is 12.5 Å². The molecule has 2 aromatic heterocycles. The van der Waals surface area contributed by atoms with Crippen molar-refractivity contribution in [1.82, 2.24) is 14.9 Å². The van der Waals surface area contributed by atoms with Gasteiger partial charge in [0.2, 0.25) is 5.91 Å². The van der Waals surface area contributed by atoms with Crippen LogP contribution in [0.25, 0.3) is 28.0 Å². The lowest BCUT2D eigenvalue weighted by molar-refractivity contribution is -0.144. The summed E-state index contributed by atoms with van der Waals surface area (Å²) in [5, 5.41) is 3.58. The Morgan fingerprint density at radius 2 is 1.78 bits per heavy atom. The zero-order valence-corrected chi connectivity index (χ0v) is 17.7. The highest BCUT2D eigenvalue weighted by Gasteiger charge is 2.27. The molecule has 0 aliphatic rings. The van der Waals surface area contributed by atoms with Crippen molar-refractivity contribution in [3.05, 3.63) is 84.3 Å². The normalized spacial score (nSPS) is 11.8. The topological polar surface area (TPSA) is 73.2 Å². The lowest BCUT2D eigenvalue weighted by Crippen LogP contribution is -2.42. The van der Waals surface area contributed by atoms with Gasteiger partial charge < -0.3 is 10.1 Å². The number of para-hydroxylation sites is 1. The fourth-order valence-electron chi connectivity index (χ4n) is 3.93. The molecule has 2 heterocycles. The summed E-state index contributed by atoms with van der Waals surface area (Å²) in [5.74, 6) is -0.540. The van der Waals surface area contributed by atoms with Crippen molar-refractivity contribution in [3.63, 3.8) is 0 Å². The van der Waals surface area contributed by atoms with Crippen molar-refractivity contribution in [2.24, 2.45) is 0 Å². The molecule has 0 spiro atoms. The fourth-order valence-corrected chi connectivity index (χ4v) is 3.93. The van der Waals surface area contributed by atoms with Crippen LogP contribution in [-0.4, -0.2) is 34.6 Å². The first-order chi connectivity index (χ1) is 15.5. The number of carbonyl (C=O) groups is 2. The molecule has 0 bridgehead atoms. The van der Waals surface area contributed by atoms with E-state index in [1.54, 1.807) is 18.3 Å². The van der Waals surface area contributed by atoms with Crippen LogP contribution in [0, 0.1) is 5.82 Å². The van der Waals surface area contributed by atoms with E-state index in [1.165, 1.54) is 26.2 Å². The Labute approximate surface area is 184 Å². The molecule has 4 aromatic rings. The Morgan fingerprint density at radius 3 is 2.44 bits per heavy atom. The maximum Gasteiger partial charge on any atom is 0.328 e. The van der Waals surface area contributed by atoms with E-state index in [1.807, 2.05) is 47.0 Å². The lowest BCUT2D eigenvalue weighted by Gasteiger charge is -2.17. The molecule has 1 amide bonds. The fraction of sp³-hybridized carbons (Fsp3) is 0.160. The number of aromatic nitrogens is 2. The van der Waals surface area contributed by atoms with Crippen LogP contribution in [0.2, 0.25) is 0 Å². The van der Waals surface area contributed by atoms with E-state index in [9.17, 15) is 14.0 Å². The third-order valence-electron chi connectivity index (χ3n) is 5.25. The van der Waals surface area contributed by atoms with E-state index in [0.717, 1.165) is 27.7 Å². The minimum Gasteiger partial charge on any atom is -0.467 e. The Bertz CT molecular complexity index is 1270. The van der Waals surface area contributed by atoms with Gasteiger partial charge in [-0.25, -0.2) is 14.2 Å². The van der Waals surface area contributed by atoms with Crippen molar-refractivity contribution in [2.45, 2.75) is 19.4 Å². The Kier molecular flexibility index (Phi) is 5.98. The summed E-state index contributed by atoms with van der Waals surface area (Å²) in [6.45, 7) is 1.36. The third-order valence-corrected chi connectivity index (χ3v) is 5.25. The molecule has 0 saturated heterocycles. The average Bonchev–Trinajstić information content (AvgIpc) is 3.13. The molecule has 1 N–H and O–H groups in total. The number of fused-ring (bicyclic) bond motifs is 1. The van der Waals surface area contributed by atoms with Gasteiger partial charge in [0.05, 0.1) is 18.3 Å². The smallest absolute Gasteiger partial charge is 0.328 e. The number of methoxy groups -OCH3 is 1. The van der Waals surface area contributed by atoms with Crippen molar-refractivity contribution in [3.8, 4) is 17.1 Å². The zero-order chi connectivity index (χ0) is 22.7. The summed E-state index contributed by atoms with van der Waals surface area (Å²) in [5.41, 5.74) is 3.23. The minimum atomic E-state index is -0.875. The largest absolute Gasteiger partial charge is 0.467 e. The number of pyridine rings is 1. The van der Waals surface area contributed by atoms with Gasteiger partial charge in [0.1, 0.15) is 17.7 Å². The number of hydrogen-bond acceptors (Lipinski definition) is 4. The second kappa shape index (κ2) is 9.01. The number of hydrogen-bond donors (Lipinski definition) is 1. The van der Waals surface area contributed by atoms with Crippen LogP contribution in [0.5, 0.6) is 0 Å². The highest BCUT2D eigenvalue weighted by atomic mass is 19.1. The second-order valence-corrected chi connectivity index (χ2v) is 7.35. The van der Waals surface area contributed by atoms with Gasteiger partial charge in [0.25, 0.3) is 0 Å². The molecule has 7 heteroatoms. The summed E-state index contributed by atoms with van der Waals surface area (Å²) in [7, 11) is 1.29. The first-order valence-corrected chi connectivity index (χ1v) is 10.1. The number of halogens is 1. The molecule has 32 heavy (non-hydrogen) atoms. The van der Waals surface area contributed by atoms with Crippen molar-refractivity contribution >= 4 is 22.8 Å². The molecule has 162 valence electrons. The van der Waals surface area contributed by atoms with Gasteiger partial charge >= 0.3 is 5.97 Å². The van der Waals surface area contributed by atoms with Crippen LogP contribution in [0.4, 0.5) is 4.39 Å². The molecule has 4 rings (SSSR count). The van der Waals surface area contributed by atoms with Gasteiger partial charge in [-0.15, -0.1) is 0 Å². The van der Waals surface area contributed by atoms with Gasteiger partial charge in [-0.3, -0.25) is 9.36 Å². The van der Waals surface area contributed by atoms with Crippen LogP contribution < -0.4 is 5.32 Å². The first-order valence-electron chi connectivity index (χ1n) is 10.1. The van der Waals surface area contributed by atoms with Gasteiger partial charge in [-0.05, 0) is 53.6 Å². The lowest BCUT2D eigenvalue weighted by atomic mass is 9.98. The summed E-state index contributed by atoms with van der Waals surface area (Å²) < 4.78 is 20.6. The molecule has 0 aliphatic heterocycles. The van der Waals surface area contributed by atoms with Crippen LogP contribution in [-0.2, 0) is 20.7 Å². The Morgan fingerprint density at radius 1 is 1.06 bits per heavy atom. The molecular weight excluding hydrogens is 409 g/mol. The quantitative estimate of drug-likeness (QED) is 0.468. The minimum absolute atomic E-state index is 0.194. The van der Waals surface area contributed by atoms with E-state index >= 15 is 0 Å². The predicted octanol–water partition coefficient (Wildman–Crippen LogP) is 4.05. The molecule has 0 aliphatic carbocycles. The maximum atomic E-state index is 13.7. The number of esters is 1. The highest BCUT2D eigenvalue weighted by molar-refractivity contribution is 5.94. The Balaban J connectivity index is 2.01. The van der Waals surface area contributed by atoms with Gasteiger partial charge in [-0.2, -0.15) is 0 Å². The number of carbonyl (C=O) groups excluding carboxylic acids is 2. The van der Waals surface area contributed by atoms with E-state index in [-0.39, 0.29) is 18.1 Å². The molecule has 1 atom stereocenters. The SMILES string of the molecule is COC(=O)[C@H](Cc1c(-c2ccc(F)cc2)n(-c2ccccn2)c2ccccc12)NC(C)=O. The maximum absolute atomic E-state index is 13.7. The van der Waals surface area contributed by atoms with Gasteiger partial charge in [0, 0.05) is 24.9 Å². The molecule has 0 saturated carbocycles. The number of ether oxygens (including phenoxy) is 1. The molecule has 0 fully saturated rings. The van der Waals surface area contributed by atoms with Crippen LogP contribution in [0.15, 0.2) is 72.9 Å². The summed E-state index contributed by atoms with van der Waals surface area (Å²) in [6, 6.07) is 18.7. The second-order valence-electron chi connectivity index (χ2n) is 7.35. The number of nitrogens with zero attached hydrogens (tertiary/aromatic N) is 2. The van der Waals surface area contributed by atoms with Crippen LogP contribution in [0.3, 0.4) is 0 Å². The molecule has 6 nitrogen and oxygen atoms in total. The molecule has 0 radical (unpaired) electrons. The number of rotatable bonds is 6. The summed E-state index contributed by atoms with van der Waals surface area (Å²) in [6.07, 6.45) is 1.89. The first kappa shape index (κ1) is 21.2. The highest BCUT2D eigenvalue weighted by Crippen LogP contribution is 2.37. The molecular formula is C25H22FN3O3. The van der Waals surface area contributed by atoms with Crippen LogP contribution >= 0.6 is 0 Å². The third kappa shape index (κ3) is 4.09. The summed E-state index contributed by atoms with van der Waals surface area (Å²) in [4.78, 5) is 28.7. The Hall–Kier alpha value is -4.00. The van der Waals surface area contributed by atoms with E-state index in [4.69, 9.17) is 4.74 Å². The molecule has 2 aromatic carbocycles. The van der Waals surface area contributed by atoms with E-state index in [2.05, 4.69) is 10.3 Å². The standard InChI is InChI=1S/C25H22FN3O3/c1-16(30)28-21(25(31)32-2)15-20-19-7-3-4-8-22(19)29(23-9-5-6-14-27-23)24(20)17-10-12-18(26)13-11-17/h3-14,21H,15H2,1-2H3,(H,28,30)/t21-/m0/s1. The number of amides is 1. The monoisotopic (exact) mass is 431 g/mol. The van der Waals surface area contributed by atoms with Gasteiger partial charge in [-0.1, -0.05) is 24.3 Å². The van der Waals surface area contributed by atoms with Crippen molar-refractivity contribution < 1.29 is 18.7 Å². The van der Waals surface area contributed by atoms with Crippen molar-refractivity contribution in [1.29, 1.82) is 0 Å².